The van der Waals surface area contributed by atoms with E-state index in [1.165, 1.54) is 16.9 Å². The summed E-state index contributed by atoms with van der Waals surface area (Å²) in [5, 5.41) is 21.9. The SMILES string of the molecule is Cc1[nH]ncc1CCCNc1nc(C(C)(C)C(=O)O)cs1. The van der Waals surface area contributed by atoms with Crippen molar-refractivity contribution in [1.29, 1.82) is 0 Å². The zero-order valence-electron chi connectivity index (χ0n) is 12.4. The van der Waals surface area contributed by atoms with Gasteiger partial charge in [-0.05, 0) is 39.2 Å². The van der Waals surface area contributed by atoms with E-state index < -0.39 is 11.4 Å². The van der Waals surface area contributed by atoms with Crippen LogP contribution in [0.25, 0.3) is 0 Å². The zero-order chi connectivity index (χ0) is 15.5. The minimum atomic E-state index is -0.954. The van der Waals surface area contributed by atoms with Crippen molar-refractivity contribution in [1.82, 2.24) is 15.2 Å². The van der Waals surface area contributed by atoms with E-state index in [9.17, 15) is 9.90 Å². The average Bonchev–Trinajstić information content (AvgIpc) is 3.04. The summed E-state index contributed by atoms with van der Waals surface area (Å²) < 4.78 is 0. The lowest BCUT2D eigenvalue weighted by atomic mass is 9.90. The number of thiazole rings is 1. The standard InChI is InChI=1S/C14H20N4O2S/c1-9-10(7-16-18-9)5-4-6-15-13-17-11(8-21-13)14(2,3)12(19)20/h7-8H,4-6H2,1-3H3,(H,15,17)(H,16,18)(H,19,20). The van der Waals surface area contributed by atoms with Crippen molar-refractivity contribution in [3.05, 3.63) is 28.5 Å². The van der Waals surface area contributed by atoms with Crippen molar-refractivity contribution in [2.45, 2.75) is 39.0 Å². The molecule has 0 aliphatic heterocycles. The normalized spacial score (nSPS) is 11.6. The Labute approximate surface area is 127 Å². The molecule has 0 atom stereocenters. The van der Waals surface area contributed by atoms with Crippen LogP contribution in [0, 0.1) is 6.92 Å². The molecule has 0 fully saturated rings. The van der Waals surface area contributed by atoms with Gasteiger partial charge in [-0.25, -0.2) is 4.98 Å². The minimum Gasteiger partial charge on any atom is -0.481 e. The lowest BCUT2D eigenvalue weighted by Gasteiger charge is -2.15. The molecule has 2 rings (SSSR count). The fraction of sp³-hybridized carbons (Fsp3) is 0.500. The number of nitrogens with zero attached hydrogens (tertiary/aromatic N) is 2. The average molecular weight is 308 g/mol. The smallest absolute Gasteiger partial charge is 0.315 e. The number of carboxylic acids is 1. The lowest BCUT2D eigenvalue weighted by molar-refractivity contribution is -0.142. The molecule has 7 heteroatoms. The van der Waals surface area contributed by atoms with Crippen LogP contribution in [0.4, 0.5) is 5.13 Å². The first-order valence-corrected chi connectivity index (χ1v) is 7.71. The summed E-state index contributed by atoms with van der Waals surface area (Å²) >= 11 is 1.44. The van der Waals surface area contributed by atoms with Crippen LogP contribution in [0.15, 0.2) is 11.6 Å². The van der Waals surface area contributed by atoms with Gasteiger partial charge in [-0.15, -0.1) is 11.3 Å². The lowest BCUT2D eigenvalue weighted by Crippen LogP contribution is -2.28. The molecule has 0 saturated carbocycles. The van der Waals surface area contributed by atoms with Crippen LogP contribution < -0.4 is 5.32 Å². The number of aromatic nitrogens is 3. The molecule has 2 aromatic heterocycles. The van der Waals surface area contributed by atoms with Crippen LogP contribution in [-0.4, -0.2) is 32.8 Å². The number of H-pyrrole nitrogens is 1. The topological polar surface area (TPSA) is 90.9 Å². The van der Waals surface area contributed by atoms with Crippen LogP contribution in [0.3, 0.4) is 0 Å². The van der Waals surface area contributed by atoms with Gasteiger partial charge in [-0.2, -0.15) is 5.10 Å². The first-order valence-electron chi connectivity index (χ1n) is 6.83. The van der Waals surface area contributed by atoms with Crippen molar-refractivity contribution in [2.75, 3.05) is 11.9 Å². The minimum absolute atomic E-state index is 0.591. The number of carbonyl (C=O) groups is 1. The highest BCUT2D eigenvalue weighted by Crippen LogP contribution is 2.27. The molecule has 6 nitrogen and oxygen atoms in total. The van der Waals surface area contributed by atoms with Gasteiger partial charge in [0, 0.05) is 17.6 Å². The Kier molecular flexibility index (Phi) is 4.62. The molecule has 0 aliphatic rings. The Morgan fingerprint density at radius 3 is 2.90 bits per heavy atom. The Balaban J connectivity index is 1.83. The van der Waals surface area contributed by atoms with Crippen LogP contribution in [0.2, 0.25) is 0 Å². The van der Waals surface area contributed by atoms with Gasteiger partial charge in [0.2, 0.25) is 0 Å². The van der Waals surface area contributed by atoms with Crippen LogP contribution >= 0.6 is 11.3 Å². The van der Waals surface area contributed by atoms with Gasteiger partial charge in [0.1, 0.15) is 5.41 Å². The third-order valence-electron chi connectivity index (χ3n) is 3.51. The first kappa shape index (κ1) is 15.5. The Hall–Kier alpha value is -1.89. The van der Waals surface area contributed by atoms with Gasteiger partial charge in [-0.1, -0.05) is 0 Å². The number of nitrogens with one attached hydrogen (secondary N) is 2. The van der Waals surface area contributed by atoms with Crippen molar-refractivity contribution < 1.29 is 9.90 Å². The molecule has 3 N–H and O–H groups in total. The summed E-state index contributed by atoms with van der Waals surface area (Å²) in [7, 11) is 0. The van der Waals surface area contributed by atoms with Crippen molar-refractivity contribution in [3.63, 3.8) is 0 Å². The summed E-state index contributed by atoms with van der Waals surface area (Å²) in [6.45, 7) is 6.13. The Morgan fingerprint density at radius 2 is 2.29 bits per heavy atom. The van der Waals surface area contributed by atoms with Crippen LogP contribution in [-0.2, 0) is 16.6 Å². The third kappa shape index (κ3) is 3.60. The van der Waals surface area contributed by atoms with Gasteiger partial charge in [0.05, 0.1) is 11.9 Å². The number of carboxylic acid groups (broad SMARTS) is 1. The Morgan fingerprint density at radius 1 is 1.52 bits per heavy atom. The van der Waals surface area contributed by atoms with E-state index in [1.807, 2.05) is 13.1 Å². The fourth-order valence-corrected chi connectivity index (χ4v) is 2.76. The summed E-state index contributed by atoms with van der Waals surface area (Å²) in [4.78, 5) is 15.6. The van der Waals surface area contributed by atoms with E-state index in [0.29, 0.717) is 5.69 Å². The highest BCUT2D eigenvalue weighted by Gasteiger charge is 2.32. The van der Waals surface area contributed by atoms with E-state index >= 15 is 0 Å². The monoisotopic (exact) mass is 308 g/mol. The second-order valence-corrected chi connectivity index (χ2v) is 6.38. The number of anilines is 1. The number of aromatic amines is 1. The van der Waals surface area contributed by atoms with Crippen molar-refractivity contribution in [2.24, 2.45) is 0 Å². The maximum Gasteiger partial charge on any atom is 0.315 e. The molecule has 114 valence electrons. The van der Waals surface area contributed by atoms with E-state index in [1.54, 1.807) is 19.2 Å². The number of hydrogen-bond donors (Lipinski definition) is 3. The van der Waals surface area contributed by atoms with Gasteiger partial charge in [0.25, 0.3) is 0 Å². The van der Waals surface area contributed by atoms with E-state index in [0.717, 1.165) is 30.2 Å². The number of hydrogen-bond acceptors (Lipinski definition) is 5. The summed E-state index contributed by atoms with van der Waals surface area (Å²) in [5.41, 5.74) is 1.97. The number of aliphatic carboxylic acids is 1. The molecule has 0 bridgehead atoms. The predicted molar refractivity (Wildman–Crippen MR) is 82.9 cm³/mol. The molecule has 0 radical (unpaired) electrons. The van der Waals surface area contributed by atoms with Crippen LogP contribution in [0.1, 0.15) is 37.2 Å². The molecular weight excluding hydrogens is 288 g/mol. The number of aryl methyl sites for hydroxylation is 2. The van der Waals surface area contributed by atoms with Crippen molar-refractivity contribution >= 4 is 22.4 Å². The Bertz CT molecular complexity index is 618. The van der Waals surface area contributed by atoms with Gasteiger partial charge < -0.3 is 10.4 Å². The molecule has 0 aromatic carbocycles. The van der Waals surface area contributed by atoms with Crippen LogP contribution in [0.5, 0.6) is 0 Å². The third-order valence-corrected chi connectivity index (χ3v) is 4.31. The second kappa shape index (κ2) is 6.26. The fourth-order valence-electron chi connectivity index (χ4n) is 1.85. The van der Waals surface area contributed by atoms with Gasteiger partial charge in [-0.3, -0.25) is 9.89 Å². The molecule has 2 aromatic rings. The summed E-state index contributed by atoms with van der Waals surface area (Å²) in [5.74, 6) is -0.866. The molecule has 2 heterocycles. The molecule has 0 spiro atoms. The van der Waals surface area contributed by atoms with Gasteiger partial charge >= 0.3 is 5.97 Å². The highest BCUT2D eigenvalue weighted by atomic mass is 32.1. The molecule has 0 saturated heterocycles. The second-order valence-electron chi connectivity index (χ2n) is 5.52. The van der Waals surface area contributed by atoms with E-state index in [2.05, 4.69) is 20.5 Å². The largest absolute Gasteiger partial charge is 0.481 e. The maximum atomic E-state index is 11.2. The maximum absolute atomic E-state index is 11.2. The molecule has 0 amide bonds. The quantitative estimate of drug-likeness (QED) is 0.684. The van der Waals surface area contributed by atoms with E-state index in [-0.39, 0.29) is 0 Å². The molecule has 21 heavy (non-hydrogen) atoms. The molecular formula is C14H20N4O2S. The van der Waals surface area contributed by atoms with Gasteiger partial charge in [0.15, 0.2) is 5.13 Å². The van der Waals surface area contributed by atoms with E-state index in [4.69, 9.17) is 0 Å². The zero-order valence-corrected chi connectivity index (χ0v) is 13.3. The number of rotatable bonds is 7. The predicted octanol–water partition coefficient (Wildman–Crippen LogP) is 2.58. The first-order chi connectivity index (χ1) is 9.91. The summed E-state index contributed by atoms with van der Waals surface area (Å²) in [6.07, 6.45) is 3.78. The molecule has 0 aliphatic carbocycles. The highest BCUT2D eigenvalue weighted by molar-refractivity contribution is 7.13. The van der Waals surface area contributed by atoms with Crippen molar-refractivity contribution in [3.8, 4) is 0 Å². The summed E-state index contributed by atoms with van der Waals surface area (Å²) in [6, 6.07) is 0. The molecule has 0 unspecified atom stereocenters.